The van der Waals surface area contributed by atoms with Crippen molar-refractivity contribution in [1.29, 1.82) is 0 Å². The lowest BCUT2D eigenvalue weighted by Gasteiger charge is -2.58. The van der Waals surface area contributed by atoms with E-state index >= 15 is 0 Å². The summed E-state index contributed by atoms with van der Waals surface area (Å²) < 4.78 is 0. The fourth-order valence-electron chi connectivity index (χ4n) is 2.27. The smallest absolute Gasteiger partial charge is 0.178 e. The van der Waals surface area contributed by atoms with Gasteiger partial charge in [-0.2, -0.15) is 10.2 Å². The molecule has 92 valence electrons. The van der Waals surface area contributed by atoms with Gasteiger partial charge in [-0.1, -0.05) is 11.6 Å². The normalized spacial score (nSPS) is 26.9. The molecule has 1 aliphatic carbocycles. The van der Waals surface area contributed by atoms with E-state index in [1.54, 1.807) is 0 Å². The summed E-state index contributed by atoms with van der Waals surface area (Å²) in [6, 6.07) is 0. The Hall–Kier alpha value is -0.440. The van der Waals surface area contributed by atoms with Crippen molar-refractivity contribution in [2.45, 2.75) is 59.0 Å². The predicted octanol–water partition coefficient (Wildman–Crippen LogP) is 3.81. The fraction of sp³-hybridized carbons (Fsp3) is 0.917. The zero-order valence-corrected chi connectivity index (χ0v) is 11.9. The summed E-state index contributed by atoms with van der Waals surface area (Å²) in [5.74, 6) is 0.142. The molecule has 1 saturated carbocycles. The number of carbonyl (C=O) groups excluding carboxylic acids is 1. The molecule has 3 nitrogen and oxygen atoms in total. The molecule has 16 heavy (non-hydrogen) atoms. The van der Waals surface area contributed by atoms with Gasteiger partial charge in [0.1, 0.15) is 0 Å². The van der Waals surface area contributed by atoms with E-state index in [1.807, 2.05) is 48.5 Å². The van der Waals surface area contributed by atoms with Crippen molar-refractivity contribution < 1.29 is 4.79 Å². The summed E-state index contributed by atoms with van der Waals surface area (Å²) >= 11 is 6.51. The summed E-state index contributed by atoms with van der Waals surface area (Å²) in [5.41, 5.74) is -1.56. The van der Waals surface area contributed by atoms with Crippen molar-refractivity contribution in [3.63, 3.8) is 0 Å². The van der Waals surface area contributed by atoms with Crippen LogP contribution >= 0.6 is 11.6 Å². The molecular weight excluding hydrogens is 224 g/mol. The van der Waals surface area contributed by atoms with Crippen LogP contribution in [-0.4, -0.2) is 16.3 Å². The Kier molecular flexibility index (Phi) is 2.79. The van der Waals surface area contributed by atoms with Crippen LogP contribution in [0.3, 0.4) is 0 Å². The first-order valence-corrected chi connectivity index (χ1v) is 5.92. The van der Waals surface area contributed by atoms with E-state index in [0.717, 1.165) is 0 Å². The number of carbonyl (C=O) groups is 1. The highest BCUT2D eigenvalue weighted by molar-refractivity contribution is 6.32. The van der Waals surface area contributed by atoms with Crippen molar-refractivity contribution >= 4 is 17.4 Å². The average Bonchev–Trinajstić information content (AvgIpc) is 2.10. The number of azo groups is 1. The Morgan fingerprint density at radius 3 is 1.75 bits per heavy atom. The molecule has 0 aromatic carbocycles. The van der Waals surface area contributed by atoms with E-state index in [-0.39, 0.29) is 11.3 Å². The topological polar surface area (TPSA) is 41.8 Å². The van der Waals surface area contributed by atoms with E-state index in [1.165, 1.54) is 0 Å². The number of nitrogens with zero attached hydrogens (tertiary/aromatic N) is 2. The lowest BCUT2D eigenvalue weighted by molar-refractivity contribution is -0.160. The molecule has 0 N–H and O–H groups in total. The molecule has 1 fully saturated rings. The minimum Gasteiger partial charge on any atom is -0.298 e. The number of rotatable bonds is 1. The molecule has 1 rings (SSSR count). The van der Waals surface area contributed by atoms with Gasteiger partial charge in [-0.05, 0) is 48.5 Å². The second-order valence-corrected chi connectivity index (χ2v) is 7.12. The highest BCUT2D eigenvalue weighted by Crippen LogP contribution is 2.63. The zero-order valence-electron chi connectivity index (χ0n) is 11.2. The number of halogens is 1. The fourth-order valence-corrected chi connectivity index (χ4v) is 2.48. The predicted molar refractivity (Wildman–Crippen MR) is 65.8 cm³/mol. The Balaban J connectivity index is 3.11. The molecule has 0 heterocycles. The highest BCUT2D eigenvalue weighted by Gasteiger charge is 2.73. The third-order valence-corrected chi connectivity index (χ3v) is 4.30. The summed E-state index contributed by atoms with van der Waals surface area (Å²) in [4.78, 5) is 11.0. The molecule has 0 atom stereocenters. The van der Waals surface area contributed by atoms with Gasteiger partial charge in [-0.15, -0.1) is 0 Å². The molecule has 0 aromatic rings. The number of hydrogen-bond donors (Lipinski definition) is 0. The Morgan fingerprint density at radius 2 is 1.44 bits per heavy atom. The monoisotopic (exact) mass is 244 g/mol. The van der Waals surface area contributed by atoms with Gasteiger partial charge in [-0.3, -0.25) is 4.79 Å². The van der Waals surface area contributed by atoms with Crippen LogP contribution in [0.2, 0.25) is 0 Å². The van der Waals surface area contributed by atoms with Crippen LogP contribution < -0.4 is 0 Å². The molecule has 4 heteroatoms. The maximum atomic E-state index is 12.0. The third kappa shape index (κ3) is 1.60. The lowest BCUT2D eigenvalue weighted by Crippen LogP contribution is -2.70. The van der Waals surface area contributed by atoms with Gasteiger partial charge < -0.3 is 0 Å². The second-order valence-electron chi connectivity index (χ2n) is 6.57. The molecule has 0 amide bonds. The summed E-state index contributed by atoms with van der Waals surface area (Å²) in [5, 5.41) is 8.48. The van der Waals surface area contributed by atoms with Gasteiger partial charge in [-0.25, -0.2) is 0 Å². The van der Waals surface area contributed by atoms with Crippen LogP contribution in [0.1, 0.15) is 48.5 Å². The SMILES string of the molecule is CC(C)(C)N=NC1(Cl)C(C)(C)C(=O)C1(C)C. The quantitative estimate of drug-likeness (QED) is 0.393. The van der Waals surface area contributed by atoms with Crippen LogP contribution in [0.4, 0.5) is 0 Å². The molecule has 0 saturated heterocycles. The molecular formula is C12H21ClN2O. The number of hydrogen-bond acceptors (Lipinski definition) is 3. The first kappa shape index (κ1) is 13.6. The highest BCUT2D eigenvalue weighted by atomic mass is 35.5. The van der Waals surface area contributed by atoms with Gasteiger partial charge in [0.2, 0.25) is 0 Å². The minimum absolute atomic E-state index is 0.142. The standard InChI is InChI=1S/C12H21ClN2O/c1-9(2,3)14-15-12(13)10(4,5)8(16)11(12,6)7/h1-7H3. The summed E-state index contributed by atoms with van der Waals surface area (Å²) in [7, 11) is 0. The zero-order chi connectivity index (χ0) is 13.0. The van der Waals surface area contributed by atoms with E-state index in [2.05, 4.69) is 10.2 Å². The van der Waals surface area contributed by atoms with Crippen molar-refractivity contribution in [3.05, 3.63) is 0 Å². The van der Waals surface area contributed by atoms with Gasteiger partial charge in [0.25, 0.3) is 0 Å². The largest absolute Gasteiger partial charge is 0.298 e. The Labute approximate surface area is 103 Å². The third-order valence-electron chi connectivity index (χ3n) is 3.28. The Bertz CT molecular complexity index is 333. The molecule has 0 unspecified atom stereocenters. The van der Waals surface area contributed by atoms with Crippen molar-refractivity contribution in [3.8, 4) is 0 Å². The molecule has 0 aromatic heterocycles. The second kappa shape index (κ2) is 3.28. The first-order chi connectivity index (χ1) is 6.86. The van der Waals surface area contributed by atoms with Crippen LogP contribution in [0.15, 0.2) is 10.2 Å². The van der Waals surface area contributed by atoms with Gasteiger partial charge in [0, 0.05) is 0 Å². The molecule has 1 aliphatic rings. The van der Waals surface area contributed by atoms with Crippen molar-refractivity contribution in [2.24, 2.45) is 21.1 Å². The number of alkyl halides is 1. The van der Waals surface area contributed by atoms with Crippen LogP contribution in [0, 0.1) is 10.8 Å². The summed E-state index contributed by atoms with van der Waals surface area (Å²) in [6.45, 7) is 13.2. The van der Waals surface area contributed by atoms with E-state index < -0.39 is 15.8 Å². The van der Waals surface area contributed by atoms with E-state index in [0.29, 0.717) is 0 Å². The van der Waals surface area contributed by atoms with Crippen molar-refractivity contribution in [1.82, 2.24) is 0 Å². The maximum absolute atomic E-state index is 12.0. The number of ketones is 1. The molecule has 0 spiro atoms. The van der Waals surface area contributed by atoms with E-state index in [4.69, 9.17) is 11.6 Å². The minimum atomic E-state index is -0.926. The summed E-state index contributed by atoms with van der Waals surface area (Å²) in [6.07, 6.45) is 0. The average molecular weight is 245 g/mol. The first-order valence-electron chi connectivity index (χ1n) is 5.54. The maximum Gasteiger partial charge on any atom is 0.178 e. The van der Waals surface area contributed by atoms with Gasteiger partial charge >= 0.3 is 0 Å². The lowest BCUT2D eigenvalue weighted by atomic mass is 9.50. The van der Waals surface area contributed by atoms with Crippen molar-refractivity contribution in [2.75, 3.05) is 0 Å². The molecule has 0 bridgehead atoms. The van der Waals surface area contributed by atoms with Gasteiger partial charge in [0.05, 0.1) is 16.4 Å². The molecule has 0 aliphatic heterocycles. The Morgan fingerprint density at radius 1 is 1.06 bits per heavy atom. The van der Waals surface area contributed by atoms with Crippen LogP contribution in [-0.2, 0) is 4.79 Å². The number of Topliss-reactive ketones (excluding diaryl/α,β-unsaturated/α-hetero) is 1. The van der Waals surface area contributed by atoms with Crippen LogP contribution in [0.5, 0.6) is 0 Å². The van der Waals surface area contributed by atoms with Gasteiger partial charge in [0.15, 0.2) is 10.8 Å². The molecule has 0 radical (unpaired) electrons. The van der Waals surface area contributed by atoms with Crippen LogP contribution in [0.25, 0.3) is 0 Å². The van der Waals surface area contributed by atoms with E-state index in [9.17, 15) is 4.79 Å².